The first-order chi connectivity index (χ1) is 9.38. The molecule has 5 nitrogen and oxygen atoms in total. The normalized spacial score (nSPS) is 13.8. The summed E-state index contributed by atoms with van der Waals surface area (Å²) in [6.45, 7) is 13.8. The number of thioether (sulfide) groups is 1. The number of carbonyl (C=O) groups excluding carboxylic acids is 2. The predicted molar refractivity (Wildman–Crippen MR) is 88.6 cm³/mol. The average Bonchev–Trinajstić information content (AvgIpc) is 2.30. The third-order valence-electron chi connectivity index (χ3n) is 2.86. The standard InChI is InChI=1S/C15H30N2O3S/c1-10(2)11(17-13(19)20-14(3,4)5)12(18)16-9-15(6,7)21-8/h10-11H,9H2,1-8H3,(H,16,18)(H,17,19). The van der Waals surface area contributed by atoms with Crippen LogP contribution in [0.15, 0.2) is 0 Å². The number of nitrogens with one attached hydrogen (secondary N) is 2. The SMILES string of the molecule is CSC(C)(C)CNC(=O)C(NC(=O)OC(C)(C)C)C(C)C. The van der Waals surface area contributed by atoms with Crippen molar-refractivity contribution in [3.63, 3.8) is 0 Å². The zero-order chi connectivity index (χ0) is 16.8. The molecule has 0 saturated carbocycles. The summed E-state index contributed by atoms with van der Waals surface area (Å²) < 4.78 is 5.16. The zero-order valence-corrected chi connectivity index (χ0v) is 15.3. The van der Waals surface area contributed by atoms with Gasteiger partial charge in [0.15, 0.2) is 0 Å². The molecule has 0 aliphatic rings. The number of carbonyl (C=O) groups is 2. The first-order valence-electron chi connectivity index (χ1n) is 7.20. The molecule has 0 aromatic carbocycles. The molecule has 124 valence electrons. The fraction of sp³-hybridized carbons (Fsp3) is 0.867. The van der Waals surface area contributed by atoms with Gasteiger partial charge in [0, 0.05) is 11.3 Å². The molecule has 2 N–H and O–H groups in total. The highest BCUT2D eigenvalue weighted by Crippen LogP contribution is 2.19. The fourth-order valence-corrected chi connectivity index (χ4v) is 1.67. The Bertz CT molecular complexity index is 362. The van der Waals surface area contributed by atoms with E-state index in [0.717, 1.165) is 0 Å². The van der Waals surface area contributed by atoms with Gasteiger partial charge in [-0.2, -0.15) is 11.8 Å². The summed E-state index contributed by atoms with van der Waals surface area (Å²) in [5, 5.41) is 5.54. The van der Waals surface area contributed by atoms with Gasteiger partial charge in [0.1, 0.15) is 11.6 Å². The van der Waals surface area contributed by atoms with Crippen molar-refractivity contribution < 1.29 is 14.3 Å². The molecule has 21 heavy (non-hydrogen) atoms. The molecule has 0 rings (SSSR count). The van der Waals surface area contributed by atoms with Gasteiger partial charge < -0.3 is 15.4 Å². The molecule has 0 aliphatic heterocycles. The Balaban J connectivity index is 4.62. The summed E-state index contributed by atoms with van der Waals surface area (Å²) in [7, 11) is 0. The van der Waals surface area contributed by atoms with Crippen molar-refractivity contribution in [1.29, 1.82) is 0 Å². The molecule has 0 saturated heterocycles. The van der Waals surface area contributed by atoms with Crippen molar-refractivity contribution in [2.75, 3.05) is 12.8 Å². The second-order valence-corrected chi connectivity index (χ2v) is 8.56. The molecule has 0 spiro atoms. The number of hydrogen-bond donors (Lipinski definition) is 2. The van der Waals surface area contributed by atoms with Crippen LogP contribution in [0.2, 0.25) is 0 Å². The first kappa shape index (κ1) is 20.1. The van der Waals surface area contributed by atoms with Gasteiger partial charge >= 0.3 is 6.09 Å². The molecular weight excluding hydrogens is 288 g/mol. The second-order valence-electron chi connectivity index (χ2n) is 7.05. The topological polar surface area (TPSA) is 67.4 Å². The highest BCUT2D eigenvalue weighted by molar-refractivity contribution is 7.99. The van der Waals surface area contributed by atoms with Crippen molar-refractivity contribution in [2.45, 2.75) is 64.9 Å². The van der Waals surface area contributed by atoms with Crippen molar-refractivity contribution in [2.24, 2.45) is 5.92 Å². The van der Waals surface area contributed by atoms with E-state index in [9.17, 15) is 9.59 Å². The Labute approximate surface area is 133 Å². The van der Waals surface area contributed by atoms with Gasteiger partial charge in [-0.15, -0.1) is 0 Å². The van der Waals surface area contributed by atoms with E-state index < -0.39 is 17.7 Å². The second kappa shape index (κ2) is 7.92. The van der Waals surface area contributed by atoms with E-state index in [4.69, 9.17) is 4.74 Å². The monoisotopic (exact) mass is 318 g/mol. The van der Waals surface area contributed by atoms with E-state index in [2.05, 4.69) is 24.5 Å². The van der Waals surface area contributed by atoms with E-state index >= 15 is 0 Å². The van der Waals surface area contributed by atoms with Crippen LogP contribution in [0.1, 0.15) is 48.5 Å². The van der Waals surface area contributed by atoms with E-state index in [1.807, 2.05) is 20.1 Å². The maximum atomic E-state index is 12.3. The van der Waals surface area contributed by atoms with Gasteiger partial charge in [0.05, 0.1) is 0 Å². The van der Waals surface area contributed by atoms with Crippen molar-refractivity contribution in [1.82, 2.24) is 10.6 Å². The maximum Gasteiger partial charge on any atom is 0.408 e. The number of alkyl carbamates (subject to hydrolysis) is 1. The summed E-state index contributed by atoms with van der Waals surface area (Å²) in [5.74, 6) is -0.201. The highest BCUT2D eigenvalue weighted by atomic mass is 32.2. The minimum Gasteiger partial charge on any atom is -0.444 e. The molecule has 0 heterocycles. The predicted octanol–water partition coefficient (Wildman–Crippen LogP) is 2.79. The lowest BCUT2D eigenvalue weighted by Crippen LogP contribution is -2.52. The van der Waals surface area contributed by atoms with Gasteiger partial charge in [-0.1, -0.05) is 13.8 Å². The highest BCUT2D eigenvalue weighted by Gasteiger charge is 2.28. The molecule has 0 bridgehead atoms. The van der Waals surface area contributed by atoms with Gasteiger partial charge in [-0.05, 0) is 46.8 Å². The summed E-state index contributed by atoms with van der Waals surface area (Å²) in [6, 6.07) is -0.600. The van der Waals surface area contributed by atoms with Crippen LogP contribution in [0.3, 0.4) is 0 Å². The summed E-state index contributed by atoms with van der Waals surface area (Å²) >= 11 is 1.68. The summed E-state index contributed by atoms with van der Waals surface area (Å²) in [5.41, 5.74) is -0.580. The average molecular weight is 318 g/mol. The molecule has 0 fully saturated rings. The van der Waals surface area contributed by atoms with Crippen LogP contribution in [0.5, 0.6) is 0 Å². The third kappa shape index (κ3) is 8.86. The van der Waals surface area contributed by atoms with Crippen LogP contribution < -0.4 is 10.6 Å². The Hall–Kier alpha value is -0.910. The minimum atomic E-state index is -0.600. The number of amides is 2. The quantitative estimate of drug-likeness (QED) is 0.790. The number of rotatable bonds is 6. The van der Waals surface area contributed by atoms with Crippen molar-refractivity contribution in [3.8, 4) is 0 Å². The van der Waals surface area contributed by atoms with E-state index in [-0.39, 0.29) is 16.6 Å². The molecule has 0 aromatic rings. The van der Waals surface area contributed by atoms with Crippen LogP contribution in [0.4, 0.5) is 4.79 Å². The van der Waals surface area contributed by atoms with Crippen LogP contribution in [0.25, 0.3) is 0 Å². The number of hydrogen-bond acceptors (Lipinski definition) is 4. The van der Waals surface area contributed by atoms with Gasteiger partial charge in [-0.25, -0.2) is 4.79 Å². The lowest BCUT2D eigenvalue weighted by Gasteiger charge is -2.27. The van der Waals surface area contributed by atoms with Crippen LogP contribution in [-0.2, 0) is 9.53 Å². The van der Waals surface area contributed by atoms with Gasteiger partial charge in [-0.3, -0.25) is 4.79 Å². The molecule has 0 aliphatic carbocycles. The molecule has 1 unspecified atom stereocenters. The zero-order valence-electron chi connectivity index (χ0n) is 14.5. The maximum absolute atomic E-state index is 12.3. The smallest absolute Gasteiger partial charge is 0.408 e. The lowest BCUT2D eigenvalue weighted by molar-refractivity contribution is -0.124. The van der Waals surface area contributed by atoms with E-state index in [1.165, 1.54) is 0 Å². The van der Waals surface area contributed by atoms with E-state index in [1.54, 1.807) is 32.5 Å². The van der Waals surface area contributed by atoms with Crippen molar-refractivity contribution >= 4 is 23.8 Å². The Morgan fingerprint density at radius 3 is 2.05 bits per heavy atom. The fourth-order valence-electron chi connectivity index (χ4n) is 1.45. The molecule has 2 amide bonds. The Morgan fingerprint density at radius 2 is 1.67 bits per heavy atom. The molecule has 0 radical (unpaired) electrons. The van der Waals surface area contributed by atoms with Crippen LogP contribution in [-0.4, -0.2) is 41.2 Å². The molecule has 6 heteroatoms. The minimum absolute atomic E-state index is 0.0186. The Kier molecular flexibility index (Phi) is 7.57. The largest absolute Gasteiger partial charge is 0.444 e. The Morgan fingerprint density at radius 1 is 1.14 bits per heavy atom. The third-order valence-corrected chi connectivity index (χ3v) is 4.11. The lowest BCUT2D eigenvalue weighted by atomic mass is 10.0. The van der Waals surface area contributed by atoms with Crippen LogP contribution in [0, 0.1) is 5.92 Å². The van der Waals surface area contributed by atoms with Gasteiger partial charge in [0.25, 0.3) is 0 Å². The summed E-state index contributed by atoms with van der Waals surface area (Å²) in [6.07, 6.45) is 1.44. The molecule has 1 atom stereocenters. The van der Waals surface area contributed by atoms with Crippen molar-refractivity contribution in [3.05, 3.63) is 0 Å². The van der Waals surface area contributed by atoms with E-state index in [0.29, 0.717) is 6.54 Å². The molecule has 0 aromatic heterocycles. The first-order valence-corrected chi connectivity index (χ1v) is 8.43. The summed E-state index contributed by atoms with van der Waals surface area (Å²) in [4.78, 5) is 24.1. The number of ether oxygens (including phenoxy) is 1. The van der Waals surface area contributed by atoms with Gasteiger partial charge in [0.2, 0.25) is 5.91 Å². The van der Waals surface area contributed by atoms with Crippen LogP contribution >= 0.6 is 11.8 Å². The molecular formula is C15H30N2O3S.